The Kier molecular flexibility index (Phi) is 7.67. The number of likely N-dealkylation sites (N-methyl/N-ethyl adjacent to an activating group) is 1. The lowest BCUT2D eigenvalue weighted by Gasteiger charge is -2.21. The second-order valence-electron chi connectivity index (χ2n) is 8.54. The number of rotatable bonds is 9. The number of hydrogen-bond acceptors (Lipinski definition) is 7. The van der Waals surface area contributed by atoms with Crippen LogP contribution in [0.15, 0.2) is 71.7 Å². The van der Waals surface area contributed by atoms with Gasteiger partial charge in [0.25, 0.3) is 0 Å². The van der Waals surface area contributed by atoms with Crippen molar-refractivity contribution in [1.82, 2.24) is 5.32 Å². The molecule has 0 spiro atoms. The van der Waals surface area contributed by atoms with E-state index in [4.69, 9.17) is 14.5 Å². The van der Waals surface area contributed by atoms with E-state index in [1.807, 2.05) is 30.3 Å². The normalized spacial score (nSPS) is 14.9. The molecule has 0 saturated heterocycles. The smallest absolute Gasteiger partial charge is 0.240 e. The summed E-state index contributed by atoms with van der Waals surface area (Å²) in [7, 11) is 0.788. The number of nitrogens with one attached hydrogen (secondary N) is 2. The number of carbonyl (C=O) groups is 2. The zero-order chi connectivity index (χ0) is 27.4. The van der Waals surface area contributed by atoms with Gasteiger partial charge in [-0.05, 0) is 41.5 Å². The van der Waals surface area contributed by atoms with Crippen LogP contribution in [-0.2, 0) is 19.6 Å². The number of hydrogen-bond donors (Lipinski definition) is 2. The number of methoxy groups -OCH3 is 2. The second-order valence-corrected chi connectivity index (χ2v) is 10.4. The minimum atomic E-state index is -3.71. The summed E-state index contributed by atoms with van der Waals surface area (Å²) >= 11 is 0. The van der Waals surface area contributed by atoms with Gasteiger partial charge in [-0.25, -0.2) is 8.42 Å². The third-order valence-electron chi connectivity index (χ3n) is 6.08. The fourth-order valence-corrected chi connectivity index (χ4v) is 5.06. The Bertz CT molecular complexity index is 1490. The first-order chi connectivity index (χ1) is 18.2. The predicted octanol–water partition coefficient (Wildman–Crippen LogP) is 3.07. The fraction of sp³-hybridized carbons (Fsp3) is 0.222. The Hall–Kier alpha value is -4.38. The lowest BCUT2D eigenvalue weighted by atomic mass is 9.90. The molecule has 2 amide bonds. The molecule has 1 aliphatic rings. The molecule has 0 saturated carbocycles. The van der Waals surface area contributed by atoms with Gasteiger partial charge < -0.3 is 20.1 Å². The number of anilines is 2. The predicted molar refractivity (Wildman–Crippen MR) is 146 cm³/mol. The average molecular weight is 537 g/mol. The standard InChI is InChI=1S/C27H28N4O6S/c1-28-24(32)16-31(38(4,34)35)19-12-10-18(11-13-19)29-26(17-8-6-5-7-9-17)25-20-14-22(36-2)23(37-3)15-21(20)30-27(25)33/h5-15,25H,16H2,1-4H3,(H,28,32)(H,30,33). The molecule has 1 heterocycles. The molecule has 0 bridgehead atoms. The summed E-state index contributed by atoms with van der Waals surface area (Å²) in [5.74, 6) is -0.437. The van der Waals surface area contributed by atoms with Crippen LogP contribution in [0.3, 0.4) is 0 Å². The number of ether oxygens (including phenoxy) is 2. The zero-order valence-electron chi connectivity index (χ0n) is 21.4. The van der Waals surface area contributed by atoms with Crippen molar-refractivity contribution in [2.45, 2.75) is 5.92 Å². The number of amides is 2. The average Bonchev–Trinajstić information content (AvgIpc) is 3.23. The molecule has 1 atom stereocenters. The van der Waals surface area contributed by atoms with Crippen LogP contribution in [0.2, 0.25) is 0 Å². The summed E-state index contributed by atoms with van der Waals surface area (Å²) in [5.41, 5.74) is 3.37. The minimum absolute atomic E-state index is 0.247. The molecular weight excluding hydrogens is 508 g/mol. The first kappa shape index (κ1) is 26.7. The maximum atomic E-state index is 13.2. The maximum Gasteiger partial charge on any atom is 0.240 e. The molecular formula is C27H28N4O6S. The summed E-state index contributed by atoms with van der Waals surface area (Å²) < 4.78 is 36.5. The van der Waals surface area contributed by atoms with Gasteiger partial charge in [-0.15, -0.1) is 0 Å². The number of nitrogens with zero attached hydrogens (tertiary/aromatic N) is 2. The molecule has 0 aromatic heterocycles. The molecule has 4 rings (SSSR count). The van der Waals surface area contributed by atoms with Crippen molar-refractivity contribution in [2.75, 3.05) is 43.7 Å². The van der Waals surface area contributed by atoms with E-state index in [1.54, 1.807) is 36.4 Å². The number of carbonyl (C=O) groups excluding carboxylic acids is 2. The van der Waals surface area contributed by atoms with Crippen molar-refractivity contribution < 1.29 is 27.5 Å². The topological polar surface area (TPSA) is 126 Å². The van der Waals surface area contributed by atoms with Crippen molar-refractivity contribution in [3.8, 4) is 11.5 Å². The van der Waals surface area contributed by atoms with E-state index in [2.05, 4.69) is 10.6 Å². The van der Waals surface area contributed by atoms with Crippen LogP contribution in [0, 0.1) is 0 Å². The first-order valence-electron chi connectivity index (χ1n) is 11.7. The Labute approximate surface area is 221 Å². The lowest BCUT2D eigenvalue weighted by Crippen LogP contribution is -2.39. The fourth-order valence-electron chi connectivity index (χ4n) is 4.21. The summed E-state index contributed by atoms with van der Waals surface area (Å²) in [4.78, 5) is 30.0. The number of aliphatic imine (C=N–C) groups is 1. The Morgan fingerprint density at radius 1 is 1.03 bits per heavy atom. The van der Waals surface area contributed by atoms with Crippen molar-refractivity contribution in [1.29, 1.82) is 0 Å². The summed E-state index contributed by atoms with van der Waals surface area (Å²) in [6.07, 6.45) is 1.04. The molecule has 2 N–H and O–H groups in total. The van der Waals surface area contributed by atoms with E-state index in [0.29, 0.717) is 39.8 Å². The maximum absolute atomic E-state index is 13.2. The summed E-state index contributed by atoms with van der Waals surface area (Å²) in [5, 5.41) is 5.34. The molecule has 3 aromatic carbocycles. The quantitative estimate of drug-likeness (QED) is 0.405. The highest BCUT2D eigenvalue weighted by Crippen LogP contribution is 2.42. The van der Waals surface area contributed by atoms with Crippen LogP contribution in [-0.4, -0.2) is 60.0 Å². The van der Waals surface area contributed by atoms with Gasteiger partial charge >= 0.3 is 0 Å². The van der Waals surface area contributed by atoms with E-state index < -0.39 is 21.8 Å². The third-order valence-corrected chi connectivity index (χ3v) is 7.22. The molecule has 11 heteroatoms. The highest BCUT2D eigenvalue weighted by Gasteiger charge is 2.36. The molecule has 0 fully saturated rings. The van der Waals surface area contributed by atoms with Gasteiger partial charge in [0.05, 0.1) is 37.6 Å². The summed E-state index contributed by atoms with van der Waals surface area (Å²) in [6, 6.07) is 19.2. The highest BCUT2D eigenvalue weighted by molar-refractivity contribution is 7.92. The van der Waals surface area contributed by atoms with Gasteiger partial charge in [0, 0.05) is 18.8 Å². The molecule has 38 heavy (non-hydrogen) atoms. The SMILES string of the molecule is CNC(=O)CN(c1ccc(N=C(c2ccccc2)C2C(=O)Nc3cc(OC)c(OC)cc32)cc1)S(C)(=O)=O. The largest absolute Gasteiger partial charge is 0.493 e. The molecule has 0 radical (unpaired) electrons. The Morgan fingerprint density at radius 3 is 2.24 bits per heavy atom. The monoisotopic (exact) mass is 536 g/mol. The van der Waals surface area contributed by atoms with Gasteiger partial charge in [-0.3, -0.25) is 18.9 Å². The first-order valence-corrected chi connectivity index (χ1v) is 13.5. The van der Waals surface area contributed by atoms with Gasteiger partial charge in [-0.1, -0.05) is 30.3 Å². The van der Waals surface area contributed by atoms with Gasteiger partial charge in [0.1, 0.15) is 12.5 Å². The minimum Gasteiger partial charge on any atom is -0.493 e. The van der Waals surface area contributed by atoms with Crippen LogP contribution in [0.25, 0.3) is 0 Å². The van der Waals surface area contributed by atoms with Crippen molar-refractivity contribution >= 4 is 44.6 Å². The molecule has 3 aromatic rings. The van der Waals surface area contributed by atoms with Gasteiger partial charge in [0.2, 0.25) is 21.8 Å². The Balaban J connectivity index is 1.79. The van der Waals surface area contributed by atoms with Crippen molar-refractivity contribution in [2.24, 2.45) is 4.99 Å². The molecule has 1 aliphatic heterocycles. The van der Waals surface area contributed by atoms with Crippen LogP contribution >= 0.6 is 0 Å². The zero-order valence-corrected chi connectivity index (χ0v) is 22.2. The third kappa shape index (κ3) is 5.47. The lowest BCUT2D eigenvalue weighted by molar-refractivity contribution is -0.119. The second kappa shape index (κ2) is 10.9. The Morgan fingerprint density at radius 2 is 1.66 bits per heavy atom. The van der Waals surface area contributed by atoms with Crippen molar-refractivity contribution in [3.63, 3.8) is 0 Å². The van der Waals surface area contributed by atoms with E-state index in [9.17, 15) is 18.0 Å². The molecule has 1 unspecified atom stereocenters. The van der Waals surface area contributed by atoms with Crippen LogP contribution in [0.5, 0.6) is 11.5 Å². The van der Waals surface area contributed by atoms with E-state index in [1.165, 1.54) is 21.3 Å². The molecule has 198 valence electrons. The van der Waals surface area contributed by atoms with Gasteiger partial charge in [0.15, 0.2) is 11.5 Å². The van der Waals surface area contributed by atoms with Crippen molar-refractivity contribution in [3.05, 3.63) is 77.9 Å². The highest BCUT2D eigenvalue weighted by atomic mass is 32.2. The van der Waals surface area contributed by atoms with E-state index in [-0.39, 0.29) is 12.5 Å². The number of fused-ring (bicyclic) bond motifs is 1. The van der Waals surface area contributed by atoms with Gasteiger partial charge in [-0.2, -0.15) is 0 Å². The summed E-state index contributed by atoms with van der Waals surface area (Å²) in [6.45, 7) is -0.350. The van der Waals surface area contributed by atoms with E-state index >= 15 is 0 Å². The number of benzene rings is 3. The molecule has 0 aliphatic carbocycles. The van der Waals surface area contributed by atoms with Crippen LogP contribution < -0.4 is 24.4 Å². The van der Waals surface area contributed by atoms with E-state index in [0.717, 1.165) is 16.1 Å². The number of sulfonamides is 1. The molecule has 10 nitrogen and oxygen atoms in total. The van der Waals surface area contributed by atoms with Crippen LogP contribution in [0.4, 0.5) is 17.1 Å². The van der Waals surface area contributed by atoms with Crippen LogP contribution in [0.1, 0.15) is 17.0 Å².